The Kier molecular flexibility index (Phi) is 21.6. The fraction of sp³-hybridized carbons (Fsp3) is 0.490. The molecular formula is C51H74O2. The molecule has 0 amide bonds. The Bertz CT molecular complexity index is 1690. The van der Waals surface area contributed by atoms with E-state index in [1.54, 1.807) is 0 Å². The van der Waals surface area contributed by atoms with Crippen LogP contribution in [0.2, 0.25) is 0 Å². The summed E-state index contributed by atoms with van der Waals surface area (Å²) in [7, 11) is 0. The molecule has 2 heteroatoms. The van der Waals surface area contributed by atoms with Crippen LogP contribution in [0.25, 0.3) is 10.8 Å². The molecule has 2 aromatic rings. The second kappa shape index (κ2) is 25.3. The number of hydrogen-bond acceptors (Lipinski definition) is 2. The van der Waals surface area contributed by atoms with Crippen LogP contribution >= 0.6 is 0 Å². The summed E-state index contributed by atoms with van der Waals surface area (Å²) in [5, 5.41) is 23.0. The number of fused-ring (bicyclic) bond motifs is 1. The molecule has 0 aliphatic heterocycles. The van der Waals surface area contributed by atoms with Gasteiger partial charge in [0, 0.05) is 16.3 Å². The third-order valence-electron chi connectivity index (χ3n) is 10.5. The molecule has 2 rings (SSSR count). The Morgan fingerprint density at radius 2 is 0.698 bits per heavy atom. The number of benzene rings is 2. The highest BCUT2D eigenvalue weighted by molar-refractivity contribution is 5.95. The molecule has 2 N–H and O–H groups in total. The largest absolute Gasteiger partial charge is 0.507 e. The lowest BCUT2D eigenvalue weighted by Crippen LogP contribution is -1.92. The quantitative estimate of drug-likeness (QED) is 0.0887. The zero-order valence-corrected chi connectivity index (χ0v) is 35.4. The van der Waals surface area contributed by atoms with Gasteiger partial charge in [-0.1, -0.05) is 117 Å². The third-order valence-corrected chi connectivity index (χ3v) is 10.5. The van der Waals surface area contributed by atoms with E-state index in [2.05, 4.69) is 111 Å². The Morgan fingerprint density at radius 3 is 1.02 bits per heavy atom. The van der Waals surface area contributed by atoms with Crippen LogP contribution in [-0.2, 0) is 6.42 Å². The van der Waals surface area contributed by atoms with Crippen LogP contribution in [0.1, 0.15) is 163 Å². The highest BCUT2D eigenvalue weighted by atomic mass is 16.3. The lowest BCUT2D eigenvalue weighted by atomic mass is 9.95. The standard InChI is InChI=1S/C51H74O2/c1-38(2)20-13-21-39(3)22-14-23-40(4)24-15-25-41(5)26-16-27-42(6)28-17-29-43(7)30-18-31-44(8)32-19-33-45(9)36-37-47-46(10)50(52)48-34-11-12-35-49(48)51(47)53/h11-12,20,22,24,26,28,30,32,34-36,52-53H,13-19,21,23,25,27,29,31,33,37H2,1-10H3/b39-22-,40-24-,41-26-,42-28+,43-30+,44-32+,45-36+. The minimum Gasteiger partial charge on any atom is -0.507 e. The Hall–Kier alpha value is -3.78. The van der Waals surface area contributed by atoms with E-state index in [9.17, 15) is 10.2 Å². The van der Waals surface area contributed by atoms with Crippen LogP contribution in [0, 0.1) is 6.92 Å². The lowest BCUT2D eigenvalue weighted by Gasteiger charge is -2.13. The minimum absolute atomic E-state index is 0.267. The summed E-state index contributed by atoms with van der Waals surface area (Å²) < 4.78 is 0. The number of phenolic OH excluding ortho intramolecular Hbond substituents is 2. The molecule has 0 heterocycles. The predicted octanol–water partition coefficient (Wildman–Crippen LogP) is 16.2. The molecule has 2 nitrogen and oxygen atoms in total. The predicted molar refractivity (Wildman–Crippen MR) is 236 cm³/mol. The van der Waals surface area contributed by atoms with Gasteiger partial charge in [0.15, 0.2) is 0 Å². The molecule has 0 atom stereocenters. The van der Waals surface area contributed by atoms with Crippen LogP contribution in [0.4, 0.5) is 0 Å². The summed E-state index contributed by atoms with van der Waals surface area (Å²) in [6, 6.07) is 7.50. The van der Waals surface area contributed by atoms with E-state index in [0.29, 0.717) is 17.2 Å². The highest BCUT2D eigenvalue weighted by Gasteiger charge is 2.14. The number of aromatic hydroxyl groups is 2. The van der Waals surface area contributed by atoms with Crippen molar-refractivity contribution in [2.24, 2.45) is 0 Å². The van der Waals surface area contributed by atoms with Crippen molar-refractivity contribution >= 4 is 10.8 Å². The molecule has 0 aliphatic rings. The van der Waals surface area contributed by atoms with Crippen LogP contribution in [-0.4, -0.2) is 10.2 Å². The fourth-order valence-electron chi connectivity index (χ4n) is 6.69. The Morgan fingerprint density at radius 1 is 0.415 bits per heavy atom. The summed E-state index contributed by atoms with van der Waals surface area (Å²) in [5.41, 5.74) is 13.3. The van der Waals surface area contributed by atoms with Gasteiger partial charge in [-0.15, -0.1) is 0 Å². The second-order valence-corrected chi connectivity index (χ2v) is 16.0. The number of hydrogen-bond donors (Lipinski definition) is 2. The Balaban J connectivity index is 1.64. The van der Waals surface area contributed by atoms with E-state index in [4.69, 9.17) is 0 Å². The third kappa shape index (κ3) is 18.7. The first-order valence-corrected chi connectivity index (χ1v) is 20.4. The second-order valence-electron chi connectivity index (χ2n) is 16.0. The zero-order chi connectivity index (χ0) is 39.2. The van der Waals surface area contributed by atoms with E-state index in [1.165, 1.54) is 63.8 Å². The molecule has 0 fully saturated rings. The summed E-state index contributed by atoms with van der Waals surface area (Å²) in [4.78, 5) is 0. The normalized spacial score (nSPS) is 14.0. The van der Waals surface area contributed by atoms with Gasteiger partial charge in [-0.2, -0.15) is 0 Å². The lowest BCUT2D eigenvalue weighted by molar-refractivity contribution is 0.461. The van der Waals surface area contributed by atoms with Crippen molar-refractivity contribution in [2.45, 2.75) is 166 Å². The monoisotopic (exact) mass is 719 g/mol. The molecule has 0 bridgehead atoms. The first kappa shape index (κ1) is 45.4. The van der Waals surface area contributed by atoms with Gasteiger partial charge in [0.2, 0.25) is 0 Å². The van der Waals surface area contributed by atoms with Crippen molar-refractivity contribution in [3.05, 3.63) is 129 Å². The Labute approximate surface area is 325 Å². The summed E-state index contributed by atoms with van der Waals surface area (Å²) >= 11 is 0. The van der Waals surface area contributed by atoms with Gasteiger partial charge in [0.05, 0.1) is 0 Å². The average Bonchev–Trinajstić information content (AvgIpc) is 3.10. The maximum absolute atomic E-state index is 10.9. The minimum atomic E-state index is 0.267. The average molecular weight is 719 g/mol. The molecule has 290 valence electrons. The smallest absolute Gasteiger partial charge is 0.127 e. The van der Waals surface area contributed by atoms with Gasteiger partial charge in [-0.25, -0.2) is 0 Å². The van der Waals surface area contributed by atoms with Crippen LogP contribution < -0.4 is 0 Å². The molecule has 53 heavy (non-hydrogen) atoms. The van der Waals surface area contributed by atoms with E-state index in [1.807, 2.05) is 31.2 Å². The van der Waals surface area contributed by atoms with Crippen molar-refractivity contribution in [3.63, 3.8) is 0 Å². The number of phenols is 2. The van der Waals surface area contributed by atoms with Crippen molar-refractivity contribution in [2.75, 3.05) is 0 Å². The van der Waals surface area contributed by atoms with Crippen molar-refractivity contribution < 1.29 is 10.2 Å². The van der Waals surface area contributed by atoms with E-state index in [0.717, 1.165) is 81.8 Å². The summed E-state index contributed by atoms with van der Waals surface area (Å²) in [6.07, 6.45) is 35.5. The van der Waals surface area contributed by atoms with Crippen molar-refractivity contribution in [1.29, 1.82) is 0 Å². The van der Waals surface area contributed by atoms with Gasteiger partial charge >= 0.3 is 0 Å². The first-order chi connectivity index (χ1) is 25.3. The van der Waals surface area contributed by atoms with Gasteiger partial charge < -0.3 is 10.2 Å². The maximum Gasteiger partial charge on any atom is 0.127 e. The maximum atomic E-state index is 10.9. The highest BCUT2D eigenvalue weighted by Crippen LogP contribution is 2.39. The van der Waals surface area contributed by atoms with E-state index < -0.39 is 0 Å². The van der Waals surface area contributed by atoms with Gasteiger partial charge in [0.1, 0.15) is 11.5 Å². The first-order valence-electron chi connectivity index (χ1n) is 20.4. The fourth-order valence-corrected chi connectivity index (χ4v) is 6.69. The molecule has 0 spiro atoms. The SMILES string of the molecule is CC(C)=CCC/C(C)=C\CC/C(C)=C\CC/C(C)=C\CC/C(C)=C/CC/C(C)=C/CC/C(C)=C/CC/C(C)=C/Cc1c(C)c(O)c2ccccc2c1O. The summed E-state index contributed by atoms with van der Waals surface area (Å²) in [5.74, 6) is 0.549. The van der Waals surface area contributed by atoms with Gasteiger partial charge in [-0.05, 0) is 171 Å². The molecule has 0 radical (unpaired) electrons. The van der Waals surface area contributed by atoms with E-state index >= 15 is 0 Å². The molecule has 0 aromatic heterocycles. The number of allylic oxidation sites excluding steroid dienone is 16. The van der Waals surface area contributed by atoms with Crippen LogP contribution in [0.15, 0.2) is 117 Å². The summed E-state index contributed by atoms with van der Waals surface area (Å²) in [6.45, 7) is 22.1. The zero-order valence-electron chi connectivity index (χ0n) is 35.4. The van der Waals surface area contributed by atoms with Crippen LogP contribution in [0.5, 0.6) is 11.5 Å². The van der Waals surface area contributed by atoms with Crippen molar-refractivity contribution in [3.8, 4) is 11.5 Å². The molecule has 0 unspecified atom stereocenters. The van der Waals surface area contributed by atoms with Crippen LogP contribution in [0.3, 0.4) is 0 Å². The molecule has 0 saturated carbocycles. The molecule has 0 aliphatic carbocycles. The number of rotatable bonds is 23. The molecule has 0 saturated heterocycles. The molecular weight excluding hydrogens is 645 g/mol. The van der Waals surface area contributed by atoms with Gasteiger partial charge in [0.25, 0.3) is 0 Å². The van der Waals surface area contributed by atoms with E-state index in [-0.39, 0.29) is 11.5 Å². The van der Waals surface area contributed by atoms with Crippen molar-refractivity contribution in [1.82, 2.24) is 0 Å². The topological polar surface area (TPSA) is 40.5 Å². The van der Waals surface area contributed by atoms with Gasteiger partial charge in [-0.3, -0.25) is 0 Å². The molecule has 2 aromatic carbocycles.